The Hall–Kier alpha value is -2.96. The smallest absolute Gasteiger partial charge is 0.273 e. The molecular weight excluding hydrogens is 315 g/mol. The molecular formula is C17H17FN2O4. The van der Waals surface area contributed by atoms with Gasteiger partial charge in [-0.3, -0.25) is 14.9 Å². The Labute approximate surface area is 138 Å². The van der Waals surface area contributed by atoms with Crippen molar-refractivity contribution in [3.63, 3.8) is 0 Å². The largest absolute Gasteiger partial charge is 0.494 e. The summed E-state index contributed by atoms with van der Waals surface area (Å²) in [5.41, 5.74) is 0.799. The fourth-order valence-electron chi connectivity index (χ4n) is 2.34. The first kappa shape index (κ1) is 17.4. The second-order valence-corrected chi connectivity index (χ2v) is 5.25. The van der Waals surface area contributed by atoms with Gasteiger partial charge in [0.25, 0.3) is 5.69 Å². The van der Waals surface area contributed by atoms with Crippen LogP contribution in [0.3, 0.4) is 0 Å². The number of para-hydroxylation sites is 1. The molecule has 1 atom stereocenters. The fraction of sp³-hybridized carbons (Fsp3) is 0.235. The van der Waals surface area contributed by atoms with Gasteiger partial charge in [0.05, 0.1) is 24.5 Å². The average molecular weight is 332 g/mol. The molecule has 0 radical (unpaired) electrons. The zero-order valence-electron chi connectivity index (χ0n) is 13.3. The van der Waals surface area contributed by atoms with E-state index in [9.17, 15) is 19.3 Å². The highest BCUT2D eigenvalue weighted by atomic mass is 19.1. The number of hydrogen-bond donors (Lipinski definition) is 1. The van der Waals surface area contributed by atoms with Crippen LogP contribution in [-0.2, 0) is 11.2 Å². The normalized spacial score (nSPS) is 11.6. The van der Waals surface area contributed by atoms with Gasteiger partial charge in [0, 0.05) is 11.6 Å². The zero-order chi connectivity index (χ0) is 17.7. The molecule has 0 heterocycles. The van der Waals surface area contributed by atoms with E-state index in [0.717, 1.165) is 0 Å². The Balaban J connectivity index is 2.07. The molecule has 2 aromatic carbocycles. The maximum absolute atomic E-state index is 13.7. The lowest BCUT2D eigenvalue weighted by atomic mass is 10.1. The lowest BCUT2D eigenvalue weighted by Gasteiger charge is -2.15. The molecule has 0 aliphatic heterocycles. The summed E-state index contributed by atoms with van der Waals surface area (Å²) in [5.74, 6) is -0.778. The van der Waals surface area contributed by atoms with Crippen molar-refractivity contribution in [3.8, 4) is 5.75 Å². The molecule has 0 spiro atoms. The van der Waals surface area contributed by atoms with E-state index in [1.165, 1.54) is 31.4 Å². The van der Waals surface area contributed by atoms with Crippen LogP contribution in [0.4, 0.5) is 10.1 Å². The van der Waals surface area contributed by atoms with Crippen LogP contribution in [0.25, 0.3) is 0 Å². The van der Waals surface area contributed by atoms with Crippen molar-refractivity contribution < 1.29 is 18.8 Å². The van der Waals surface area contributed by atoms with Crippen molar-refractivity contribution in [2.75, 3.05) is 7.11 Å². The first-order valence-corrected chi connectivity index (χ1v) is 7.27. The van der Waals surface area contributed by atoms with Crippen molar-refractivity contribution in [3.05, 3.63) is 69.5 Å². The number of nitro groups is 1. The standard InChI is InChI=1S/C17H17FN2O4/c1-11(12-7-8-16(24-2)14(18)9-12)19-17(21)10-13-5-3-4-6-15(13)20(22)23/h3-9,11H,10H2,1-2H3,(H,19,21). The molecule has 0 aliphatic carbocycles. The molecule has 2 aromatic rings. The Bertz CT molecular complexity index is 764. The Morgan fingerprint density at radius 1 is 1.33 bits per heavy atom. The third-order valence-electron chi connectivity index (χ3n) is 3.59. The van der Waals surface area contributed by atoms with Gasteiger partial charge in [-0.2, -0.15) is 0 Å². The second-order valence-electron chi connectivity index (χ2n) is 5.25. The molecule has 0 aromatic heterocycles. The van der Waals surface area contributed by atoms with Gasteiger partial charge in [-0.05, 0) is 24.6 Å². The summed E-state index contributed by atoms with van der Waals surface area (Å²) in [5, 5.41) is 13.7. The molecule has 24 heavy (non-hydrogen) atoms. The molecule has 0 aliphatic rings. The summed E-state index contributed by atoms with van der Waals surface area (Å²) in [6, 6.07) is 10.0. The molecule has 0 saturated heterocycles. The Morgan fingerprint density at radius 3 is 2.67 bits per heavy atom. The van der Waals surface area contributed by atoms with Gasteiger partial charge in [0.1, 0.15) is 0 Å². The lowest BCUT2D eigenvalue weighted by Crippen LogP contribution is -2.28. The quantitative estimate of drug-likeness (QED) is 0.651. The number of ether oxygens (including phenoxy) is 1. The number of nitrogens with zero attached hydrogens (tertiary/aromatic N) is 1. The van der Waals surface area contributed by atoms with Crippen molar-refractivity contribution >= 4 is 11.6 Å². The van der Waals surface area contributed by atoms with Crippen molar-refractivity contribution in [1.29, 1.82) is 0 Å². The highest BCUT2D eigenvalue weighted by Gasteiger charge is 2.17. The summed E-state index contributed by atoms with van der Waals surface area (Å²) >= 11 is 0. The molecule has 0 fully saturated rings. The third-order valence-corrected chi connectivity index (χ3v) is 3.59. The van der Waals surface area contributed by atoms with Gasteiger partial charge in [-0.25, -0.2) is 4.39 Å². The monoisotopic (exact) mass is 332 g/mol. The van der Waals surface area contributed by atoms with Gasteiger partial charge in [0.15, 0.2) is 11.6 Å². The summed E-state index contributed by atoms with van der Waals surface area (Å²) in [6.07, 6.45) is -0.125. The van der Waals surface area contributed by atoms with E-state index in [0.29, 0.717) is 11.1 Å². The molecule has 7 heteroatoms. The third kappa shape index (κ3) is 4.07. The van der Waals surface area contributed by atoms with Crippen LogP contribution in [0.5, 0.6) is 5.75 Å². The van der Waals surface area contributed by atoms with Crippen molar-refractivity contribution in [2.24, 2.45) is 0 Å². The van der Waals surface area contributed by atoms with Gasteiger partial charge < -0.3 is 10.1 Å². The number of amides is 1. The molecule has 0 bridgehead atoms. The number of halogens is 1. The van der Waals surface area contributed by atoms with Crippen LogP contribution in [-0.4, -0.2) is 17.9 Å². The van der Waals surface area contributed by atoms with Crippen molar-refractivity contribution in [2.45, 2.75) is 19.4 Å². The number of nitro benzene ring substituents is 1. The van der Waals surface area contributed by atoms with E-state index in [2.05, 4.69) is 5.32 Å². The van der Waals surface area contributed by atoms with E-state index >= 15 is 0 Å². The van der Waals surface area contributed by atoms with E-state index in [-0.39, 0.29) is 23.8 Å². The van der Waals surface area contributed by atoms with Gasteiger partial charge in [0.2, 0.25) is 5.91 Å². The van der Waals surface area contributed by atoms with E-state index < -0.39 is 16.8 Å². The second kappa shape index (κ2) is 7.54. The van der Waals surface area contributed by atoms with Gasteiger partial charge >= 0.3 is 0 Å². The summed E-state index contributed by atoms with van der Waals surface area (Å²) < 4.78 is 18.6. The van der Waals surface area contributed by atoms with Crippen LogP contribution in [0.15, 0.2) is 42.5 Å². The van der Waals surface area contributed by atoms with E-state index in [1.807, 2.05) is 0 Å². The maximum Gasteiger partial charge on any atom is 0.273 e. The van der Waals surface area contributed by atoms with Crippen LogP contribution in [0, 0.1) is 15.9 Å². The van der Waals surface area contributed by atoms with E-state index in [1.54, 1.807) is 25.1 Å². The van der Waals surface area contributed by atoms with Gasteiger partial charge in [-0.15, -0.1) is 0 Å². The fourth-order valence-corrected chi connectivity index (χ4v) is 2.34. The Kier molecular flexibility index (Phi) is 5.47. The molecule has 126 valence electrons. The number of benzene rings is 2. The van der Waals surface area contributed by atoms with Crippen LogP contribution >= 0.6 is 0 Å². The Morgan fingerprint density at radius 2 is 2.04 bits per heavy atom. The van der Waals surface area contributed by atoms with E-state index in [4.69, 9.17) is 4.74 Å². The molecule has 0 saturated carbocycles. The number of hydrogen-bond acceptors (Lipinski definition) is 4. The van der Waals surface area contributed by atoms with Gasteiger partial charge in [-0.1, -0.05) is 24.3 Å². The number of methoxy groups -OCH3 is 1. The SMILES string of the molecule is COc1ccc(C(C)NC(=O)Cc2ccccc2[N+](=O)[O-])cc1F. The summed E-state index contributed by atoms with van der Waals surface area (Å²) in [7, 11) is 1.37. The molecule has 6 nitrogen and oxygen atoms in total. The number of rotatable bonds is 6. The summed E-state index contributed by atoms with van der Waals surface area (Å²) in [6.45, 7) is 1.71. The van der Waals surface area contributed by atoms with Crippen LogP contribution in [0.1, 0.15) is 24.1 Å². The predicted octanol–water partition coefficient (Wildman–Crippen LogP) is 3.16. The summed E-state index contributed by atoms with van der Waals surface area (Å²) in [4.78, 5) is 22.6. The first-order chi connectivity index (χ1) is 11.4. The number of nitrogens with one attached hydrogen (secondary N) is 1. The average Bonchev–Trinajstić information content (AvgIpc) is 2.54. The molecule has 1 N–H and O–H groups in total. The first-order valence-electron chi connectivity index (χ1n) is 7.27. The maximum atomic E-state index is 13.7. The minimum absolute atomic E-state index is 0.101. The molecule has 1 amide bonds. The topological polar surface area (TPSA) is 81.5 Å². The molecule has 2 rings (SSSR count). The number of carbonyl (C=O) groups is 1. The minimum Gasteiger partial charge on any atom is -0.494 e. The zero-order valence-corrected chi connectivity index (χ0v) is 13.3. The van der Waals surface area contributed by atoms with Crippen LogP contribution in [0.2, 0.25) is 0 Å². The van der Waals surface area contributed by atoms with Crippen molar-refractivity contribution in [1.82, 2.24) is 5.32 Å². The minimum atomic E-state index is -0.523. The van der Waals surface area contributed by atoms with Crippen LogP contribution < -0.4 is 10.1 Å². The predicted molar refractivity (Wildman–Crippen MR) is 86.3 cm³/mol. The molecule has 1 unspecified atom stereocenters. The number of carbonyl (C=O) groups excluding carboxylic acids is 1. The lowest BCUT2D eigenvalue weighted by molar-refractivity contribution is -0.385. The highest BCUT2D eigenvalue weighted by Crippen LogP contribution is 2.22. The highest BCUT2D eigenvalue weighted by molar-refractivity contribution is 5.80.